The summed E-state index contributed by atoms with van der Waals surface area (Å²) in [4.78, 5) is 24.0. The second-order valence-electron chi connectivity index (χ2n) is 5.29. The van der Waals surface area contributed by atoms with E-state index in [9.17, 15) is 14.0 Å². The third kappa shape index (κ3) is 3.63. The van der Waals surface area contributed by atoms with E-state index < -0.39 is 5.91 Å². The summed E-state index contributed by atoms with van der Waals surface area (Å²) in [5.74, 6) is -0.876. The van der Waals surface area contributed by atoms with E-state index in [1.165, 1.54) is 23.2 Å². The maximum absolute atomic E-state index is 12.8. The second kappa shape index (κ2) is 6.44. The number of carbonyl (C=O) groups excluding carboxylic acids is 2. The van der Waals surface area contributed by atoms with Crippen LogP contribution in [-0.4, -0.2) is 16.8 Å². The van der Waals surface area contributed by atoms with E-state index in [-0.39, 0.29) is 18.1 Å². The monoisotopic (exact) mass is 310 g/mol. The number of halogens is 1. The molecule has 2 amide bonds. The Hall–Kier alpha value is -2.95. The summed E-state index contributed by atoms with van der Waals surface area (Å²) in [7, 11) is 0. The number of fused-ring (bicyclic) bond motifs is 1. The molecule has 3 rings (SSSR count). The van der Waals surface area contributed by atoms with Crippen molar-refractivity contribution in [3.8, 4) is 0 Å². The van der Waals surface area contributed by atoms with E-state index in [4.69, 9.17) is 0 Å². The zero-order valence-corrected chi connectivity index (χ0v) is 12.3. The summed E-state index contributed by atoms with van der Waals surface area (Å²) < 4.78 is 12.8. The first-order valence-corrected chi connectivity index (χ1v) is 7.23. The van der Waals surface area contributed by atoms with E-state index in [1.54, 1.807) is 18.2 Å². The maximum atomic E-state index is 12.8. The minimum Gasteiger partial charge on any atom is -0.273 e. The van der Waals surface area contributed by atoms with Crippen LogP contribution in [0.15, 0.2) is 54.6 Å². The Bertz CT molecular complexity index is 769. The molecule has 0 spiro atoms. The molecule has 0 radical (unpaired) electrons. The highest BCUT2D eigenvalue weighted by Crippen LogP contribution is 2.17. The molecule has 0 unspecified atom stereocenters. The Morgan fingerprint density at radius 2 is 1.78 bits per heavy atom. The lowest BCUT2D eigenvalue weighted by molar-refractivity contribution is -0.140. The van der Waals surface area contributed by atoms with Gasteiger partial charge in [-0.05, 0) is 34.9 Å². The number of hydrogen-bond donors (Lipinski definition) is 1. The van der Waals surface area contributed by atoms with Crippen LogP contribution in [0.5, 0.6) is 0 Å². The van der Waals surface area contributed by atoms with Gasteiger partial charge < -0.3 is 0 Å². The van der Waals surface area contributed by atoms with Crippen LogP contribution in [0.1, 0.15) is 16.7 Å². The van der Waals surface area contributed by atoms with Crippen LogP contribution in [0.3, 0.4) is 0 Å². The van der Waals surface area contributed by atoms with Crippen molar-refractivity contribution in [1.82, 2.24) is 10.4 Å². The van der Waals surface area contributed by atoms with Crippen LogP contribution in [0.25, 0.3) is 6.08 Å². The molecular formula is C18H15FN2O2. The van der Waals surface area contributed by atoms with Gasteiger partial charge in [0.25, 0.3) is 5.91 Å². The van der Waals surface area contributed by atoms with Gasteiger partial charge in [0.15, 0.2) is 0 Å². The summed E-state index contributed by atoms with van der Waals surface area (Å²) in [5.41, 5.74) is 5.29. The van der Waals surface area contributed by atoms with Crippen molar-refractivity contribution in [3.63, 3.8) is 0 Å². The molecule has 0 saturated carbocycles. The predicted molar refractivity (Wildman–Crippen MR) is 84.3 cm³/mol. The smallest absolute Gasteiger partial charge is 0.262 e. The van der Waals surface area contributed by atoms with E-state index >= 15 is 0 Å². The first-order chi connectivity index (χ1) is 11.1. The summed E-state index contributed by atoms with van der Waals surface area (Å²) in [6.07, 6.45) is 3.16. The SMILES string of the molecule is O=C(/C=C/c1ccc(F)cc1)NN1Cc2ccccc2CC1=O. The van der Waals surface area contributed by atoms with Gasteiger partial charge >= 0.3 is 0 Å². The fourth-order valence-electron chi connectivity index (χ4n) is 2.42. The Balaban J connectivity index is 1.64. The lowest BCUT2D eigenvalue weighted by atomic mass is 10.0. The largest absolute Gasteiger partial charge is 0.273 e. The first-order valence-electron chi connectivity index (χ1n) is 7.23. The molecular weight excluding hydrogens is 295 g/mol. The minimum atomic E-state index is -0.401. The summed E-state index contributed by atoms with van der Waals surface area (Å²) >= 11 is 0. The number of benzene rings is 2. The Labute approximate surface area is 133 Å². The van der Waals surface area contributed by atoms with Gasteiger partial charge in [0.1, 0.15) is 5.82 Å². The highest BCUT2D eigenvalue weighted by atomic mass is 19.1. The molecule has 5 heteroatoms. The predicted octanol–water partition coefficient (Wildman–Crippen LogP) is 2.46. The molecule has 116 valence electrons. The molecule has 1 aliphatic heterocycles. The molecule has 0 atom stereocenters. The maximum Gasteiger partial charge on any atom is 0.262 e. The van der Waals surface area contributed by atoms with Gasteiger partial charge in [0.2, 0.25) is 5.91 Å². The highest BCUT2D eigenvalue weighted by Gasteiger charge is 2.23. The Morgan fingerprint density at radius 3 is 2.52 bits per heavy atom. The van der Waals surface area contributed by atoms with Gasteiger partial charge in [0, 0.05) is 6.08 Å². The van der Waals surface area contributed by atoms with E-state index in [0.717, 1.165) is 11.1 Å². The van der Waals surface area contributed by atoms with Gasteiger partial charge in [-0.1, -0.05) is 36.4 Å². The van der Waals surface area contributed by atoms with Crippen LogP contribution in [0.2, 0.25) is 0 Å². The molecule has 0 aromatic heterocycles. The molecule has 0 bridgehead atoms. The van der Waals surface area contributed by atoms with Crippen molar-refractivity contribution in [2.45, 2.75) is 13.0 Å². The van der Waals surface area contributed by atoms with Gasteiger partial charge in [-0.3, -0.25) is 15.0 Å². The standard InChI is InChI=1S/C18H15FN2O2/c19-16-8-5-13(6-9-16)7-10-17(22)20-21-12-15-4-2-1-3-14(15)11-18(21)23/h1-10H,11-12H2,(H,20,22)/b10-7+. The zero-order valence-electron chi connectivity index (χ0n) is 12.3. The number of carbonyl (C=O) groups is 2. The van der Waals surface area contributed by atoms with E-state index in [2.05, 4.69) is 5.43 Å². The molecule has 0 fully saturated rings. The number of rotatable bonds is 3. The van der Waals surface area contributed by atoms with Crippen molar-refractivity contribution < 1.29 is 14.0 Å². The number of nitrogens with one attached hydrogen (secondary N) is 1. The molecule has 1 aliphatic rings. The topological polar surface area (TPSA) is 49.4 Å². The minimum absolute atomic E-state index is 0.146. The number of nitrogens with zero attached hydrogens (tertiary/aromatic N) is 1. The van der Waals surface area contributed by atoms with Crippen molar-refractivity contribution in [1.29, 1.82) is 0 Å². The molecule has 0 aliphatic carbocycles. The third-order valence-corrected chi connectivity index (χ3v) is 3.63. The Morgan fingerprint density at radius 1 is 1.09 bits per heavy atom. The first kappa shape index (κ1) is 15.0. The average Bonchev–Trinajstić information content (AvgIpc) is 2.55. The van der Waals surface area contributed by atoms with Gasteiger partial charge in [-0.2, -0.15) is 0 Å². The molecule has 0 saturated heterocycles. The van der Waals surface area contributed by atoms with Gasteiger partial charge in [-0.15, -0.1) is 0 Å². The zero-order chi connectivity index (χ0) is 16.2. The van der Waals surface area contributed by atoms with Gasteiger partial charge in [0.05, 0.1) is 13.0 Å². The lowest BCUT2D eigenvalue weighted by Crippen LogP contribution is -2.48. The summed E-state index contributed by atoms with van der Waals surface area (Å²) in [6.45, 7) is 0.352. The molecule has 2 aromatic carbocycles. The Kier molecular flexibility index (Phi) is 4.19. The molecule has 1 N–H and O–H groups in total. The van der Waals surface area contributed by atoms with Crippen LogP contribution in [-0.2, 0) is 22.6 Å². The average molecular weight is 310 g/mol. The van der Waals surface area contributed by atoms with Crippen LogP contribution < -0.4 is 5.43 Å². The fourth-order valence-corrected chi connectivity index (χ4v) is 2.42. The number of hydrazine groups is 1. The van der Waals surface area contributed by atoms with E-state index in [1.807, 2.05) is 24.3 Å². The van der Waals surface area contributed by atoms with Crippen LogP contribution in [0.4, 0.5) is 4.39 Å². The molecule has 23 heavy (non-hydrogen) atoms. The highest BCUT2D eigenvalue weighted by molar-refractivity contribution is 5.93. The third-order valence-electron chi connectivity index (χ3n) is 3.63. The molecule has 4 nitrogen and oxygen atoms in total. The van der Waals surface area contributed by atoms with Crippen molar-refractivity contribution in [3.05, 3.63) is 77.1 Å². The second-order valence-corrected chi connectivity index (χ2v) is 5.29. The summed E-state index contributed by atoms with van der Waals surface area (Å²) in [5, 5.41) is 1.32. The van der Waals surface area contributed by atoms with Gasteiger partial charge in [-0.25, -0.2) is 9.40 Å². The number of hydrogen-bond acceptors (Lipinski definition) is 2. The normalized spacial score (nSPS) is 14.0. The van der Waals surface area contributed by atoms with Crippen molar-refractivity contribution >= 4 is 17.9 Å². The summed E-state index contributed by atoms with van der Waals surface area (Å²) in [6, 6.07) is 13.4. The molecule has 2 aromatic rings. The van der Waals surface area contributed by atoms with Crippen molar-refractivity contribution in [2.24, 2.45) is 0 Å². The fraction of sp³-hybridized carbons (Fsp3) is 0.111. The lowest BCUT2D eigenvalue weighted by Gasteiger charge is -2.28. The number of amides is 2. The van der Waals surface area contributed by atoms with E-state index in [0.29, 0.717) is 12.1 Å². The van der Waals surface area contributed by atoms with Crippen LogP contribution in [0, 0.1) is 5.82 Å². The molecule has 1 heterocycles. The van der Waals surface area contributed by atoms with Crippen molar-refractivity contribution in [2.75, 3.05) is 0 Å². The quantitative estimate of drug-likeness (QED) is 0.885. The van der Waals surface area contributed by atoms with Crippen LogP contribution >= 0.6 is 0 Å².